The molecule has 0 atom stereocenters. The zero-order valence-electron chi connectivity index (χ0n) is 11.9. The molecule has 1 fully saturated rings. The Balaban J connectivity index is 2.24. The molecule has 1 aromatic heterocycles. The van der Waals surface area contributed by atoms with Crippen molar-refractivity contribution in [1.29, 1.82) is 0 Å². The van der Waals surface area contributed by atoms with Gasteiger partial charge in [0.15, 0.2) is 0 Å². The van der Waals surface area contributed by atoms with Crippen molar-refractivity contribution in [3.8, 4) is 5.75 Å². The van der Waals surface area contributed by atoms with Crippen molar-refractivity contribution in [2.75, 3.05) is 38.2 Å². The predicted molar refractivity (Wildman–Crippen MR) is 79.3 cm³/mol. The largest absolute Gasteiger partial charge is 0.496 e. The van der Waals surface area contributed by atoms with Crippen LogP contribution in [0.15, 0.2) is 18.2 Å². The normalized spacial score (nSPS) is 16.1. The minimum Gasteiger partial charge on any atom is -0.496 e. The van der Waals surface area contributed by atoms with Gasteiger partial charge in [-0.05, 0) is 19.1 Å². The van der Waals surface area contributed by atoms with Gasteiger partial charge in [-0.25, -0.2) is 0 Å². The average molecular weight is 259 g/mol. The van der Waals surface area contributed by atoms with E-state index in [1.807, 2.05) is 6.07 Å². The lowest BCUT2D eigenvalue weighted by molar-refractivity contribution is 0.419. The third-order valence-corrected chi connectivity index (χ3v) is 4.10. The fraction of sp³-hybridized carbons (Fsp3) is 0.467. The summed E-state index contributed by atoms with van der Waals surface area (Å²) in [5.41, 5.74) is 3.88. The second-order valence-corrected chi connectivity index (χ2v) is 5.08. The van der Waals surface area contributed by atoms with Crippen LogP contribution in [0.4, 0.5) is 5.69 Å². The number of fused-ring (bicyclic) bond motifs is 1. The van der Waals surface area contributed by atoms with E-state index in [9.17, 15) is 0 Å². The predicted octanol–water partition coefficient (Wildman–Crippen LogP) is 1.90. The van der Waals surface area contributed by atoms with Crippen molar-refractivity contribution in [3.05, 3.63) is 23.9 Å². The molecule has 0 spiro atoms. The highest BCUT2D eigenvalue weighted by Crippen LogP contribution is 2.39. The molecule has 4 nitrogen and oxygen atoms in total. The van der Waals surface area contributed by atoms with Crippen molar-refractivity contribution < 1.29 is 4.74 Å². The minimum atomic E-state index is 0.967. The molecule has 0 aliphatic carbocycles. The Morgan fingerprint density at radius 1 is 1.21 bits per heavy atom. The molecule has 2 aromatic rings. The van der Waals surface area contributed by atoms with Gasteiger partial charge in [0.2, 0.25) is 0 Å². The van der Waals surface area contributed by atoms with Crippen LogP contribution >= 0.6 is 0 Å². The van der Waals surface area contributed by atoms with Gasteiger partial charge in [0.05, 0.1) is 23.7 Å². The number of aryl methyl sites for hydroxylation is 1. The van der Waals surface area contributed by atoms with Crippen molar-refractivity contribution in [2.24, 2.45) is 7.05 Å². The summed E-state index contributed by atoms with van der Waals surface area (Å²) in [6, 6.07) is 6.27. The van der Waals surface area contributed by atoms with E-state index in [2.05, 4.69) is 40.9 Å². The molecule has 0 radical (unpaired) electrons. The Hall–Kier alpha value is -1.68. The summed E-state index contributed by atoms with van der Waals surface area (Å²) in [5.74, 6) is 0.967. The van der Waals surface area contributed by atoms with Crippen LogP contribution in [0.1, 0.15) is 5.69 Å². The molecule has 3 rings (SSSR count). The third-order valence-electron chi connectivity index (χ3n) is 4.10. The number of anilines is 1. The number of nitrogens with one attached hydrogen (secondary N) is 1. The van der Waals surface area contributed by atoms with E-state index in [1.165, 1.54) is 22.3 Å². The summed E-state index contributed by atoms with van der Waals surface area (Å²) in [5, 5.41) is 4.65. The molecule has 102 valence electrons. The van der Waals surface area contributed by atoms with Gasteiger partial charge in [0, 0.05) is 38.9 Å². The first-order chi connectivity index (χ1) is 9.24. The van der Waals surface area contributed by atoms with Gasteiger partial charge in [0.1, 0.15) is 5.75 Å². The fourth-order valence-corrected chi connectivity index (χ4v) is 3.00. The lowest BCUT2D eigenvalue weighted by atomic mass is 10.1. The van der Waals surface area contributed by atoms with Crippen LogP contribution in [0.25, 0.3) is 10.9 Å². The molecule has 4 heteroatoms. The number of ether oxygens (including phenoxy) is 1. The van der Waals surface area contributed by atoms with Crippen LogP contribution in [0.5, 0.6) is 5.75 Å². The van der Waals surface area contributed by atoms with E-state index in [0.29, 0.717) is 0 Å². The fourth-order valence-electron chi connectivity index (χ4n) is 3.00. The molecule has 0 bridgehead atoms. The van der Waals surface area contributed by atoms with Crippen LogP contribution in [0.3, 0.4) is 0 Å². The quantitative estimate of drug-likeness (QED) is 0.893. The highest BCUT2D eigenvalue weighted by atomic mass is 16.5. The second-order valence-electron chi connectivity index (χ2n) is 5.08. The Kier molecular flexibility index (Phi) is 3.11. The molecule has 0 amide bonds. The first-order valence-corrected chi connectivity index (χ1v) is 6.81. The number of methoxy groups -OCH3 is 1. The van der Waals surface area contributed by atoms with Crippen molar-refractivity contribution in [1.82, 2.24) is 9.88 Å². The summed E-state index contributed by atoms with van der Waals surface area (Å²) in [7, 11) is 3.88. The van der Waals surface area contributed by atoms with Crippen molar-refractivity contribution in [3.63, 3.8) is 0 Å². The summed E-state index contributed by atoms with van der Waals surface area (Å²) in [6.07, 6.45) is 0. The zero-order valence-corrected chi connectivity index (χ0v) is 11.9. The molecule has 0 saturated carbocycles. The number of hydrogen-bond acceptors (Lipinski definition) is 3. The maximum absolute atomic E-state index is 5.57. The van der Waals surface area contributed by atoms with E-state index in [0.717, 1.165) is 31.9 Å². The zero-order chi connectivity index (χ0) is 13.4. The van der Waals surface area contributed by atoms with Crippen LogP contribution in [0, 0.1) is 6.92 Å². The number of rotatable bonds is 2. The number of aromatic nitrogens is 1. The van der Waals surface area contributed by atoms with Gasteiger partial charge >= 0.3 is 0 Å². The summed E-state index contributed by atoms with van der Waals surface area (Å²) < 4.78 is 7.83. The van der Waals surface area contributed by atoms with E-state index in [4.69, 9.17) is 4.74 Å². The van der Waals surface area contributed by atoms with Gasteiger partial charge in [-0.15, -0.1) is 0 Å². The molecular formula is C15H21N3O. The molecular weight excluding hydrogens is 238 g/mol. The maximum atomic E-state index is 5.57. The topological polar surface area (TPSA) is 29.4 Å². The van der Waals surface area contributed by atoms with E-state index in [1.54, 1.807) is 7.11 Å². The summed E-state index contributed by atoms with van der Waals surface area (Å²) >= 11 is 0. The molecule has 1 N–H and O–H groups in total. The van der Waals surface area contributed by atoms with Gasteiger partial charge < -0.3 is 19.5 Å². The van der Waals surface area contributed by atoms with Gasteiger partial charge in [0.25, 0.3) is 0 Å². The summed E-state index contributed by atoms with van der Waals surface area (Å²) in [4.78, 5) is 2.47. The Labute approximate surface area is 114 Å². The van der Waals surface area contributed by atoms with Crippen molar-refractivity contribution in [2.45, 2.75) is 6.92 Å². The van der Waals surface area contributed by atoms with Gasteiger partial charge in [-0.2, -0.15) is 0 Å². The molecule has 1 aliphatic rings. The summed E-state index contributed by atoms with van der Waals surface area (Å²) in [6.45, 7) is 6.39. The van der Waals surface area contributed by atoms with Crippen LogP contribution in [0.2, 0.25) is 0 Å². The van der Waals surface area contributed by atoms with Crippen LogP contribution < -0.4 is 15.0 Å². The highest BCUT2D eigenvalue weighted by molar-refractivity contribution is 6.00. The maximum Gasteiger partial charge on any atom is 0.130 e. The first-order valence-electron chi connectivity index (χ1n) is 6.81. The number of benzene rings is 1. The molecule has 1 aliphatic heterocycles. The average Bonchev–Trinajstić information content (AvgIpc) is 2.72. The second kappa shape index (κ2) is 4.78. The van der Waals surface area contributed by atoms with E-state index < -0.39 is 0 Å². The van der Waals surface area contributed by atoms with Crippen molar-refractivity contribution >= 4 is 16.6 Å². The molecule has 19 heavy (non-hydrogen) atoms. The lowest BCUT2D eigenvalue weighted by Crippen LogP contribution is -2.43. The van der Waals surface area contributed by atoms with E-state index in [-0.39, 0.29) is 0 Å². The molecule has 1 aromatic carbocycles. The number of hydrogen-bond donors (Lipinski definition) is 1. The first kappa shape index (κ1) is 12.4. The molecule has 0 unspecified atom stereocenters. The molecule has 2 heterocycles. The number of piperazine rings is 1. The Morgan fingerprint density at radius 3 is 2.63 bits per heavy atom. The Bertz CT molecular complexity index is 597. The molecule has 1 saturated heterocycles. The third kappa shape index (κ3) is 1.87. The van der Waals surface area contributed by atoms with Crippen LogP contribution in [-0.2, 0) is 7.05 Å². The minimum absolute atomic E-state index is 0.967. The monoisotopic (exact) mass is 259 g/mol. The lowest BCUT2D eigenvalue weighted by Gasteiger charge is -2.30. The van der Waals surface area contributed by atoms with Gasteiger partial charge in [-0.1, -0.05) is 6.07 Å². The Morgan fingerprint density at radius 2 is 1.95 bits per heavy atom. The number of nitrogens with zero attached hydrogens (tertiary/aromatic N) is 2. The SMILES string of the molecule is COc1cccc2c1c(N1CCNCC1)c(C)n2C. The van der Waals surface area contributed by atoms with Gasteiger partial charge in [-0.3, -0.25) is 0 Å². The standard InChI is InChI=1S/C15H21N3O/c1-11-15(18-9-7-16-8-10-18)14-12(17(11)2)5-4-6-13(14)19-3/h4-6,16H,7-10H2,1-3H3. The van der Waals surface area contributed by atoms with Crippen LogP contribution in [-0.4, -0.2) is 37.9 Å². The highest BCUT2D eigenvalue weighted by Gasteiger charge is 2.21. The smallest absolute Gasteiger partial charge is 0.130 e. The van der Waals surface area contributed by atoms with E-state index >= 15 is 0 Å².